The summed E-state index contributed by atoms with van der Waals surface area (Å²) in [6.45, 7) is 13.4. The SMILES string of the molecule is CC(C)(C)NC(=O)C1CC2CCCCC2CN1CC(O)C(CSc1ccccc1)NC(=O)C(NC(=O)CNCc1ccccc1)C(C)(C)C. The molecule has 0 radical (unpaired) electrons. The summed E-state index contributed by atoms with van der Waals surface area (Å²) >= 11 is 1.57. The number of aliphatic hydroxyl groups is 1. The van der Waals surface area contributed by atoms with Crippen molar-refractivity contribution in [1.82, 2.24) is 26.2 Å². The highest BCUT2D eigenvalue weighted by Gasteiger charge is 2.42. The molecule has 9 nitrogen and oxygen atoms in total. The van der Waals surface area contributed by atoms with Gasteiger partial charge in [0, 0.05) is 35.8 Å². The number of nitrogens with zero attached hydrogens (tertiary/aromatic N) is 1. The highest BCUT2D eigenvalue weighted by Crippen LogP contribution is 2.39. The number of likely N-dealkylation sites (tertiary alicyclic amines) is 1. The highest BCUT2D eigenvalue weighted by molar-refractivity contribution is 7.99. The molecule has 0 spiro atoms. The lowest BCUT2D eigenvalue weighted by Crippen LogP contribution is -2.62. The van der Waals surface area contributed by atoms with Gasteiger partial charge in [-0.15, -0.1) is 11.8 Å². The van der Waals surface area contributed by atoms with Crippen LogP contribution in [0.15, 0.2) is 65.6 Å². The van der Waals surface area contributed by atoms with Crippen LogP contribution in [0.1, 0.15) is 79.2 Å². The summed E-state index contributed by atoms with van der Waals surface area (Å²) in [6.07, 6.45) is 4.54. The van der Waals surface area contributed by atoms with E-state index >= 15 is 0 Å². The van der Waals surface area contributed by atoms with E-state index in [2.05, 4.69) is 26.2 Å². The van der Waals surface area contributed by atoms with E-state index in [0.29, 0.717) is 24.1 Å². The van der Waals surface area contributed by atoms with Crippen LogP contribution in [0.25, 0.3) is 0 Å². The summed E-state index contributed by atoms with van der Waals surface area (Å²) in [6, 6.07) is 18.0. The molecular formula is C39H59N5O4S. The lowest BCUT2D eigenvalue weighted by molar-refractivity contribution is -0.134. The molecule has 6 unspecified atom stereocenters. The molecule has 2 aliphatic rings. The third kappa shape index (κ3) is 12.4. The molecule has 270 valence electrons. The monoisotopic (exact) mass is 693 g/mol. The predicted octanol–water partition coefficient (Wildman–Crippen LogP) is 4.74. The second-order valence-electron chi connectivity index (χ2n) is 16.0. The Morgan fingerprint density at radius 3 is 2.16 bits per heavy atom. The normalized spacial score (nSPS) is 21.9. The Kier molecular flexibility index (Phi) is 14.1. The van der Waals surface area contributed by atoms with E-state index in [1.165, 1.54) is 12.8 Å². The van der Waals surface area contributed by atoms with Crippen LogP contribution in [0.4, 0.5) is 0 Å². The molecule has 1 aliphatic heterocycles. The van der Waals surface area contributed by atoms with Crippen LogP contribution in [-0.2, 0) is 20.9 Å². The molecule has 49 heavy (non-hydrogen) atoms. The van der Waals surface area contributed by atoms with Gasteiger partial charge in [-0.05, 0) is 68.6 Å². The number of β-amino-alcohol motifs (C(OH)–C–C–N with tert-alkyl or cyclic N) is 1. The third-order valence-electron chi connectivity index (χ3n) is 9.58. The van der Waals surface area contributed by atoms with Crippen molar-refractivity contribution in [2.75, 3.05) is 25.4 Å². The summed E-state index contributed by atoms with van der Waals surface area (Å²) in [4.78, 5) is 43.9. The Morgan fingerprint density at radius 1 is 0.898 bits per heavy atom. The molecule has 1 aliphatic carbocycles. The van der Waals surface area contributed by atoms with E-state index in [-0.39, 0.29) is 42.4 Å². The number of hydrogen-bond donors (Lipinski definition) is 5. The van der Waals surface area contributed by atoms with Gasteiger partial charge in [-0.2, -0.15) is 0 Å². The molecule has 2 aromatic rings. The van der Waals surface area contributed by atoms with Gasteiger partial charge in [-0.25, -0.2) is 0 Å². The molecule has 0 aromatic heterocycles. The zero-order chi connectivity index (χ0) is 35.6. The van der Waals surface area contributed by atoms with Crippen LogP contribution in [0.2, 0.25) is 0 Å². The van der Waals surface area contributed by atoms with Gasteiger partial charge >= 0.3 is 0 Å². The molecule has 4 rings (SSSR count). The van der Waals surface area contributed by atoms with E-state index in [1.54, 1.807) is 11.8 Å². The number of carbonyl (C=O) groups excluding carboxylic acids is 3. The van der Waals surface area contributed by atoms with Gasteiger partial charge < -0.3 is 26.4 Å². The van der Waals surface area contributed by atoms with Gasteiger partial charge in [0.1, 0.15) is 6.04 Å². The van der Waals surface area contributed by atoms with E-state index < -0.39 is 23.6 Å². The molecule has 5 N–H and O–H groups in total. The molecule has 6 atom stereocenters. The van der Waals surface area contributed by atoms with Crippen molar-refractivity contribution < 1.29 is 19.5 Å². The summed E-state index contributed by atoms with van der Waals surface area (Å²) in [7, 11) is 0. The first kappa shape index (κ1) is 38.9. The number of amides is 3. The van der Waals surface area contributed by atoms with Gasteiger partial charge in [0.15, 0.2) is 0 Å². The van der Waals surface area contributed by atoms with Crippen LogP contribution >= 0.6 is 11.8 Å². The number of carbonyl (C=O) groups is 3. The molecule has 0 bridgehead atoms. The fraction of sp³-hybridized carbons (Fsp3) is 0.615. The first-order valence-electron chi connectivity index (χ1n) is 18.0. The van der Waals surface area contributed by atoms with Gasteiger partial charge in [-0.1, -0.05) is 88.6 Å². The lowest BCUT2D eigenvalue weighted by atomic mass is 9.72. The quantitative estimate of drug-likeness (QED) is 0.181. The van der Waals surface area contributed by atoms with Crippen LogP contribution in [0.3, 0.4) is 0 Å². The second kappa shape index (κ2) is 17.8. The predicted molar refractivity (Wildman–Crippen MR) is 198 cm³/mol. The van der Waals surface area contributed by atoms with Crippen LogP contribution < -0.4 is 21.3 Å². The standard InChI is InChI=1S/C39H59N5O4S/c1-38(2,3)35(42-34(46)23-40-22-27-15-9-7-10-16-27)37(48)41-31(26-49-30-19-11-8-12-20-30)33(45)25-44-24-29-18-14-13-17-28(29)21-32(44)36(47)43-39(4,5)6/h7-12,15-16,19-20,28-29,31-33,35,40,45H,13-14,17-18,21-26H2,1-6H3,(H,41,48)(H,42,46)(H,43,47). The Balaban J connectivity index is 1.48. The average Bonchev–Trinajstić information content (AvgIpc) is 3.04. The number of hydrogen-bond acceptors (Lipinski definition) is 7. The summed E-state index contributed by atoms with van der Waals surface area (Å²) in [5.74, 6) is 0.834. The number of rotatable bonds is 14. The Bertz CT molecular complexity index is 1350. The van der Waals surface area contributed by atoms with Crippen molar-refractivity contribution in [2.24, 2.45) is 17.3 Å². The summed E-state index contributed by atoms with van der Waals surface area (Å²) in [5, 5.41) is 24.3. The second-order valence-corrected chi connectivity index (χ2v) is 17.1. The maximum atomic E-state index is 14.0. The molecule has 1 heterocycles. The first-order chi connectivity index (χ1) is 23.2. The molecule has 2 fully saturated rings. The number of aliphatic hydroxyl groups excluding tert-OH is 1. The van der Waals surface area contributed by atoms with Crippen molar-refractivity contribution >= 4 is 29.5 Å². The number of benzene rings is 2. The van der Waals surface area contributed by atoms with E-state index in [9.17, 15) is 19.5 Å². The molecule has 2 aromatic carbocycles. The van der Waals surface area contributed by atoms with Crippen LogP contribution in [0, 0.1) is 17.3 Å². The average molecular weight is 694 g/mol. The highest BCUT2D eigenvalue weighted by atomic mass is 32.2. The largest absolute Gasteiger partial charge is 0.390 e. The van der Waals surface area contributed by atoms with Crippen molar-refractivity contribution in [3.05, 3.63) is 66.2 Å². The van der Waals surface area contributed by atoms with Crippen molar-refractivity contribution in [2.45, 2.75) is 115 Å². The minimum Gasteiger partial charge on any atom is -0.390 e. The molecule has 1 saturated carbocycles. The topological polar surface area (TPSA) is 123 Å². The maximum absolute atomic E-state index is 14.0. The zero-order valence-corrected chi connectivity index (χ0v) is 31.2. The van der Waals surface area contributed by atoms with Crippen LogP contribution in [-0.4, -0.2) is 82.9 Å². The third-order valence-corrected chi connectivity index (χ3v) is 10.7. The van der Waals surface area contributed by atoms with Crippen molar-refractivity contribution in [1.29, 1.82) is 0 Å². The Hall–Kier alpha value is -2.92. The fourth-order valence-corrected chi connectivity index (χ4v) is 8.04. The van der Waals surface area contributed by atoms with Gasteiger partial charge in [0.05, 0.1) is 24.7 Å². The van der Waals surface area contributed by atoms with E-state index in [4.69, 9.17) is 0 Å². The fourth-order valence-electron chi connectivity index (χ4n) is 7.02. The Labute approximate surface area is 298 Å². The summed E-state index contributed by atoms with van der Waals surface area (Å²) in [5.41, 5.74) is 0.121. The maximum Gasteiger partial charge on any atom is 0.243 e. The number of piperidine rings is 1. The van der Waals surface area contributed by atoms with Crippen molar-refractivity contribution in [3.8, 4) is 0 Å². The smallest absolute Gasteiger partial charge is 0.243 e. The zero-order valence-electron chi connectivity index (χ0n) is 30.3. The minimum atomic E-state index is -0.936. The molecule has 3 amide bonds. The number of nitrogens with one attached hydrogen (secondary N) is 4. The van der Waals surface area contributed by atoms with E-state index in [1.807, 2.05) is 102 Å². The number of thioether (sulfide) groups is 1. The molecule has 1 saturated heterocycles. The molecule has 10 heteroatoms. The summed E-state index contributed by atoms with van der Waals surface area (Å²) < 4.78 is 0. The Morgan fingerprint density at radius 2 is 1.53 bits per heavy atom. The van der Waals surface area contributed by atoms with Gasteiger partial charge in [0.25, 0.3) is 0 Å². The van der Waals surface area contributed by atoms with Gasteiger partial charge in [0.2, 0.25) is 17.7 Å². The minimum absolute atomic E-state index is 0.000600. The van der Waals surface area contributed by atoms with Crippen molar-refractivity contribution in [3.63, 3.8) is 0 Å². The molecular weight excluding hydrogens is 635 g/mol. The number of fused-ring (bicyclic) bond motifs is 1. The van der Waals surface area contributed by atoms with Gasteiger partial charge in [-0.3, -0.25) is 19.3 Å². The first-order valence-corrected chi connectivity index (χ1v) is 18.9. The lowest BCUT2D eigenvalue weighted by Gasteiger charge is -2.47. The van der Waals surface area contributed by atoms with E-state index in [0.717, 1.165) is 36.3 Å². The van der Waals surface area contributed by atoms with Crippen LogP contribution in [0.5, 0.6) is 0 Å².